The maximum Gasteiger partial charge on any atom is 0.106 e. The van der Waals surface area contributed by atoms with Gasteiger partial charge in [0.15, 0.2) is 0 Å². The topological polar surface area (TPSA) is 44.9 Å². The summed E-state index contributed by atoms with van der Waals surface area (Å²) in [6, 6.07) is 43.8. The Morgan fingerprint density at radius 2 is 1.44 bits per heavy atom. The van der Waals surface area contributed by atoms with Crippen LogP contribution in [0.2, 0.25) is 0 Å². The van der Waals surface area contributed by atoms with Gasteiger partial charge in [0.05, 0.1) is 35.6 Å². The largest absolute Gasteiger partial charge is 0.323 e. The molecule has 1 aliphatic heterocycles. The first kappa shape index (κ1) is 28.6. The van der Waals surface area contributed by atoms with Gasteiger partial charge in [0.25, 0.3) is 0 Å². The standard InChI is InChI=1S/C39H40N4/c1-30-41-29-39-38(24-23-37(43(30)39)35-21-19-32(28-40)20-22-35)42(26-11-14-31-12-5-2-6-13-31)27-25-36(33-15-7-3-8-16-33)34-17-9-4-10-18-34/h2-10,12-13,15-22,29,36-38H,11,14,23-27H2,1H3. The van der Waals surface area contributed by atoms with Crippen molar-refractivity contribution in [1.29, 1.82) is 5.26 Å². The van der Waals surface area contributed by atoms with Gasteiger partial charge in [0.1, 0.15) is 5.82 Å². The fourth-order valence-corrected chi connectivity index (χ4v) is 6.93. The Hall–Kier alpha value is -4.46. The first-order chi connectivity index (χ1) is 21.2. The lowest BCUT2D eigenvalue weighted by molar-refractivity contribution is 0.151. The minimum Gasteiger partial charge on any atom is -0.323 e. The lowest BCUT2D eigenvalue weighted by Crippen LogP contribution is -2.36. The van der Waals surface area contributed by atoms with Crippen molar-refractivity contribution in [1.82, 2.24) is 14.5 Å². The summed E-state index contributed by atoms with van der Waals surface area (Å²) in [5.41, 5.74) is 7.43. The third-order valence-electron chi connectivity index (χ3n) is 9.10. The Morgan fingerprint density at radius 1 is 0.814 bits per heavy atom. The van der Waals surface area contributed by atoms with Gasteiger partial charge in [-0.3, -0.25) is 4.90 Å². The van der Waals surface area contributed by atoms with Crippen molar-refractivity contribution in [2.45, 2.75) is 57.0 Å². The van der Waals surface area contributed by atoms with Crippen LogP contribution in [0.15, 0.2) is 121 Å². The maximum absolute atomic E-state index is 9.31. The van der Waals surface area contributed by atoms with E-state index in [-0.39, 0.29) is 6.04 Å². The first-order valence-corrected chi connectivity index (χ1v) is 15.6. The maximum atomic E-state index is 9.31. The molecule has 216 valence electrons. The monoisotopic (exact) mass is 564 g/mol. The van der Waals surface area contributed by atoms with E-state index in [0.717, 1.165) is 51.0 Å². The SMILES string of the molecule is Cc1ncc2n1C(c1ccc(C#N)cc1)CCC2N(CCCc1ccccc1)CCC(c1ccccc1)c1ccccc1. The molecule has 2 unspecified atom stereocenters. The van der Waals surface area contributed by atoms with E-state index < -0.39 is 0 Å². The van der Waals surface area contributed by atoms with Crippen LogP contribution in [0.25, 0.3) is 0 Å². The number of fused-ring (bicyclic) bond motifs is 1. The lowest BCUT2D eigenvalue weighted by Gasteiger charge is -2.39. The Kier molecular flexibility index (Phi) is 9.11. The smallest absolute Gasteiger partial charge is 0.106 e. The van der Waals surface area contributed by atoms with Crippen molar-refractivity contribution in [3.05, 3.63) is 161 Å². The highest BCUT2D eigenvalue weighted by Crippen LogP contribution is 2.41. The molecule has 0 aliphatic carbocycles. The lowest BCUT2D eigenvalue weighted by atomic mass is 9.87. The molecule has 6 rings (SSSR count). The summed E-state index contributed by atoms with van der Waals surface area (Å²) in [6.07, 6.45) is 7.51. The van der Waals surface area contributed by atoms with Gasteiger partial charge in [-0.1, -0.05) is 103 Å². The number of benzene rings is 4. The number of rotatable bonds is 11. The molecule has 0 spiro atoms. The second-order valence-corrected chi connectivity index (χ2v) is 11.7. The Labute approximate surface area is 256 Å². The van der Waals surface area contributed by atoms with Crippen LogP contribution in [0.3, 0.4) is 0 Å². The minimum absolute atomic E-state index is 0.244. The van der Waals surface area contributed by atoms with Gasteiger partial charge in [-0.05, 0) is 86.5 Å². The quantitative estimate of drug-likeness (QED) is 0.161. The average molecular weight is 565 g/mol. The fourth-order valence-electron chi connectivity index (χ4n) is 6.93. The molecule has 0 radical (unpaired) electrons. The van der Waals surface area contributed by atoms with Gasteiger partial charge in [-0.25, -0.2) is 4.98 Å². The highest BCUT2D eigenvalue weighted by Gasteiger charge is 2.33. The number of aromatic nitrogens is 2. The minimum atomic E-state index is 0.244. The zero-order valence-electron chi connectivity index (χ0n) is 25.0. The predicted molar refractivity (Wildman–Crippen MR) is 174 cm³/mol. The van der Waals surface area contributed by atoms with Crippen LogP contribution in [0.4, 0.5) is 0 Å². The number of nitrogens with zero attached hydrogens (tertiary/aromatic N) is 4. The zero-order chi connectivity index (χ0) is 29.4. The molecule has 0 fully saturated rings. The molecule has 0 saturated carbocycles. The second-order valence-electron chi connectivity index (χ2n) is 11.7. The summed E-state index contributed by atoms with van der Waals surface area (Å²) in [6.45, 7) is 4.18. The van der Waals surface area contributed by atoms with E-state index in [1.807, 2.05) is 12.1 Å². The molecule has 5 aromatic rings. The summed E-state index contributed by atoms with van der Waals surface area (Å²) in [7, 11) is 0. The van der Waals surface area contributed by atoms with E-state index in [0.29, 0.717) is 17.5 Å². The third-order valence-corrected chi connectivity index (χ3v) is 9.10. The highest BCUT2D eigenvalue weighted by molar-refractivity contribution is 5.35. The molecule has 1 aromatic heterocycles. The van der Waals surface area contributed by atoms with Crippen LogP contribution in [-0.2, 0) is 6.42 Å². The normalized spacial score (nSPS) is 16.2. The van der Waals surface area contributed by atoms with Gasteiger partial charge in [-0.15, -0.1) is 0 Å². The van der Waals surface area contributed by atoms with Gasteiger partial charge in [-0.2, -0.15) is 5.26 Å². The molecule has 0 saturated heterocycles. The molecule has 0 bridgehead atoms. The molecule has 1 aliphatic rings. The number of aryl methyl sites for hydroxylation is 2. The summed E-state index contributed by atoms with van der Waals surface area (Å²) < 4.78 is 2.46. The molecule has 2 heterocycles. The summed E-state index contributed by atoms with van der Waals surface area (Å²) >= 11 is 0. The highest BCUT2D eigenvalue weighted by atomic mass is 15.2. The number of hydrogen-bond acceptors (Lipinski definition) is 3. The average Bonchev–Trinajstić information content (AvgIpc) is 3.47. The summed E-state index contributed by atoms with van der Waals surface area (Å²) in [5.74, 6) is 1.41. The molecule has 0 amide bonds. The summed E-state index contributed by atoms with van der Waals surface area (Å²) in [5, 5.41) is 9.31. The second kappa shape index (κ2) is 13.7. The number of hydrogen-bond donors (Lipinski definition) is 0. The molecular formula is C39H40N4. The third kappa shape index (κ3) is 6.63. The van der Waals surface area contributed by atoms with Gasteiger partial charge in [0.2, 0.25) is 0 Å². The van der Waals surface area contributed by atoms with Gasteiger partial charge in [0, 0.05) is 5.92 Å². The first-order valence-electron chi connectivity index (χ1n) is 15.6. The molecule has 4 nitrogen and oxygen atoms in total. The van der Waals surface area contributed by atoms with Crippen LogP contribution < -0.4 is 0 Å². The van der Waals surface area contributed by atoms with Crippen LogP contribution in [0.5, 0.6) is 0 Å². The number of nitriles is 1. The zero-order valence-corrected chi connectivity index (χ0v) is 25.0. The van der Waals surface area contributed by atoms with Crippen molar-refractivity contribution in [2.24, 2.45) is 0 Å². The van der Waals surface area contributed by atoms with Gasteiger partial charge >= 0.3 is 0 Å². The van der Waals surface area contributed by atoms with Crippen LogP contribution in [0.1, 0.15) is 83.0 Å². The van der Waals surface area contributed by atoms with Crippen LogP contribution in [-0.4, -0.2) is 27.5 Å². The Balaban J connectivity index is 1.28. The molecule has 4 aromatic carbocycles. The van der Waals surface area contributed by atoms with E-state index in [1.165, 1.54) is 27.9 Å². The van der Waals surface area contributed by atoms with E-state index in [9.17, 15) is 5.26 Å². The van der Waals surface area contributed by atoms with Crippen molar-refractivity contribution in [3.8, 4) is 6.07 Å². The van der Waals surface area contributed by atoms with Crippen molar-refractivity contribution in [3.63, 3.8) is 0 Å². The molecule has 43 heavy (non-hydrogen) atoms. The Bertz CT molecular complexity index is 1580. The molecule has 2 atom stereocenters. The van der Waals surface area contributed by atoms with Crippen molar-refractivity contribution < 1.29 is 0 Å². The molecule has 0 N–H and O–H groups in total. The van der Waals surface area contributed by atoms with E-state index >= 15 is 0 Å². The van der Waals surface area contributed by atoms with Gasteiger partial charge < -0.3 is 4.57 Å². The van der Waals surface area contributed by atoms with Crippen molar-refractivity contribution >= 4 is 0 Å². The molecule has 4 heteroatoms. The van der Waals surface area contributed by atoms with Crippen LogP contribution >= 0.6 is 0 Å². The van der Waals surface area contributed by atoms with E-state index in [4.69, 9.17) is 4.98 Å². The van der Waals surface area contributed by atoms with E-state index in [1.54, 1.807) is 0 Å². The number of imidazole rings is 1. The fraction of sp³-hybridized carbons (Fsp3) is 0.282. The summed E-state index contributed by atoms with van der Waals surface area (Å²) in [4.78, 5) is 7.58. The predicted octanol–water partition coefficient (Wildman–Crippen LogP) is 8.64. The van der Waals surface area contributed by atoms with Crippen molar-refractivity contribution in [2.75, 3.05) is 13.1 Å². The van der Waals surface area contributed by atoms with E-state index in [2.05, 4.69) is 132 Å². The van der Waals surface area contributed by atoms with Crippen LogP contribution in [0, 0.1) is 18.3 Å². The Morgan fingerprint density at radius 3 is 2.07 bits per heavy atom. The molecular weight excluding hydrogens is 524 g/mol.